The first kappa shape index (κ1) is 10.4. The number of aliphatic imine (C=N–C) groups is 1. The van der Waals surface area contributed by atoms with Crippen molar-refractivity contribution in [2.45, 2.75) is 51.0 Å². The first-order chi connectivity index (χ1) is 7.71. The van der Waals surface area contributed by atoms with Crippen LogP contribution in [0.2, 0.25) is 0 Å². The minimum Gasteiger partial charge on any atom is -0.370 e. The summed E-state index contributed by atoms with van der Waals surface area (Å²) < 4.78 is 0. The number of guanidine groups is 1. The highest BCUT2D eigenvalue weighted by molar-refractivity contribution is 5.78. The topological polar surface area (TPSA) is 41.6 Å². The van der Waals surface area contributed by atoms with Crippen LogP contribution in [0.25, 0.3) is 0 Å². The molecule has 0 unspecified atom stereocenters. The number of nitrogens with zero attached hydrogens (tertiary/aromatic N) is 2. The van der Waals surface area contributed by atoms with E-state index in [1.54, 1.807) is 0 Å². The van der Waals surface area contributed by atoms with Gasteiger partial charge < -0.3 is 10.6 Å². The SMILES string of the molecule is CN(C(N)=NCC1(C2CC2)CCC1)C1CC1. The fourth-order valence-electron chi connectivity index (χ4n) is 3.02. The molecule has 0 aromatic carbocycles. The number of nitrogens with two attached hydrogens (primary N) is 1. The molecule has 90 valence electrons. The van der Waals surface area contributed by atoms with Crippen molar-refractivity contribution >= 4 is 5.96 Å². The molecule has 3 nitrogen and oxygen atoms in total. The van der Waals surface area contributed by atoms with Crippen molar-refractivity contribution in [3.63, 3.8) is 0 Å². The van der Waals surface area contributed by atoms with Crippen LogP contribution in [0, 0.1) is 11.3 Å². The lowest BCUT2D eigenvalue weighted by molar-refractivity contribution is 0.113. The van der Waals surface area contributed by atoms with E-state index in [2.05, 4.69) is 16.9 Å². The highest BCUT2D eigenvalue weighted by atomic mass is 15.3. The number of hydrogen-bond donors (Lipinski definition) is 1. The smallest absolute Gasteiger partial charge is 0.191 e. The van der Waals surface area contributed by atoms with Crippen LogP contribution in [0.1, 0.15) is 44.9 Å². The zero-order valence-corrected chi connectivity index (χ0v) is 10.3. The van der Waals surface area contributed by atoms with E-state index in [0.29, 0.717) is 11.5 Å². The van der Waals surface area contributed by atoms with Gasteiger partial charge in [0, 0.05) is 19.6 Å². The summed E-state index contributed by atoms with van der Waals surface area (Å²) in [6.45, 7) is 0.987. The van der Waals surface area contributed by atoms with Crippen LogP contribution < -0.4 is 5.73 Å². The molecular formula is C13H23N3. The number of hydrogen-bond acceptors (Lipinski definition) is 1. The van der Waals surface area contributed by atoms with E-state index in [-0.39, 0.29) is 0 Å². The second kappa shape index (κ2) is 3.64. The second-order valence-electron chi connectivity index (χ2n) is 6.01. The zero-order chi connectivity index (χ0) is 11.2. The largest absolute Gasteiger partial charge is 0.370 e. The zero-order valence-electron chi connectivity index (χ0n) is 10.3. The Morgan fingerprint density at radius 1 is 1.31 bits per heavy atom. The van der Waals surface area contributed by atoms with Gasteiger partial charge in [0.05, 0.1) is 0 Å². The number of rotatable bonds is 4. The lowest BCUT2D eigenvalue weighted by atomic mass is 9.65. The third-order valence-electron chi connectivity index (χ3n) is 4.80. The molecule has 0 spiro atoms. The van der Waals surface area contributed by atoms with E-state index >= 15 is 0 Å². The third kappa shape index (κ3) is 1.80. The minimum atomic E-state index is 0.564. The van der Waals surface area contributed by atoms with Crippen LogP contribution in [0.15, 0.2) is 4.99 Å². The molecule has 0 saturated heterocycles. The minimum absolute atomic E-state index is 0.564. The summed E-state index contributed by atoms with van der Waals surface area (Å²) >= 11 is 0. The Bertz CT molecular complexity index is 298. The van der Waals surface area contributed by atoms with Crippen LogP contribution in [-0.4, -0.2) is 30.5 Å². The van der Waals surface area contributed by atoms with Gasteiger partial charge >= 0.3 is 0 Å². The summed E-state index contributed by atoms with van der Waals surface area (Å²) in [5, 5.41) is 0. The molecule has 3 saturated carbocycles. The molecule has 16 heavy (non-hydrogen) atoms. The predicted molar refractivity (Wildman–Crippen MR) is 66.3 cm³/mol. The van der Waals surface area contributed by atoms with Crippen LogP contribution >= 0.6 is 0 Å². The maximum absolute atomic E-state index is 6.04. The molecule has 3 fully saturated rings. The molecule has 0 aromatic rings. The van der Waals surface area contributed by atoms with Crippen LogP contribution in [0.3, 0.4) is 0 Å². The quantitative estimate of drug-likeness (QED) is 0.582. The molecule has 3 aliphatic rings. The Labute approximate surface area is 98.1 Å². The molecule has 0 radical (unpaired) electrons. The van der Waals surface area contributed by atoms with E-state index in [4.69, 9.17) is 5.73 Å². The van der Waals surface area contributed by atoms with Crippen molar-refractivity contribution in [1.29, 1.82) is 0 Å². The standard InChI is InChI=1S/C13H23N3/c1-16(11-5-6-11)12(14)15-9-13(7-2-8-13)10-3-4-10/h10-11H,2-9H2,1H3,(H2,14,15). The van der Waals surface area contributed by atoms with Gasteiger partial charge in [0.25, 0.3) is 0 Å². The van der Waals surface area contributed by atoms with E-state index in [9.17, 15) is 0 Å². The summed E-state index contributed by atoms with van der Waals surface area (Å²) in [5.41, 5.74) is 6.61. The molecule has 0 aliphatic heterocycles. The van der Waals surface area contributed by atoms with Crippen molar-refractivity contribution in [3.8, 4) is 0 Å². The van der Waals surface area contributed by atoms with Crippen LogP contribution in [0.4, 0.5) is 0 Å². The second-order valence-corrected chi connectivity index (χ2v) is 6.01. The summed E-state index contributed by atoms with van der Waals surface area (Å²) in [6, 6.07) is 0.682. The Morgan fingerprint density at radius 3 is 2.44 bits per heavy atom. The summed E-state index contributed by atoms with van der Waals surface area (Å²) in [6.07, 6.45) is 9.65. The van der Waals surface area contributed by atoms with E-state index < -0.39 is 0 Å². The maximum Gasteiger partial charge on any atom is 0.191 e. The van der Waals surface area contributed by atoms with Gasteiger partial charge in [0.2, 0.25) is 0 Å². The molecule has 3 aliphatic carbocycles. The van der Waals surface area contributed by atoms with Crippen molar-refractivity contribution < 1.29 is 0 Å². The third-order valence-corrected chi connectivity index (χ3v) is 4.80. The van der Waals surface area contributed by atoms with Gasteiger partial charge in [0.15, 0.2) is 5.96 Å². The first-order valence-electron chi connectivity index (χ1n) is 6.74. The van der Waals surface area contributed by atoms with E-state index in [1.807, 2.05) is 0 Å². The maximum atomic E-state index is 6.04. The highest BCUT2D eigenvalue weighted by Gasteiger charge is 2.48. The molecular weight excluding hydrogens is 198 g/mol. The van der Waals surface area contributed by atoms with Crippen molar-refractivity contribution in [2.75, 3.05) is 13.6 Å². The Kier molecular flexibility index (Phi) is 2.37. The lowest BCUT2D eigenvalue weighted by Gasteiger charge is -2.41. The molecule has 2 N–H and O–H groups in total. The van der Waals surface area contributed by atoms with Gasteiger partial charge in [-0.05, 0) is 49.9 Å². The fraction of sp³-hybridized carbons (Fsp3) is 0.923. The monoisotopic (exact) mass is 221 g/mol. The molecule has 0 bridgehead atoms. The summed E-state index contributed by atoms with van der Waals surface area (Å²) in [4.78, 5) is 6.83. The van der Waals surface area contributed by atoms with Crippen molar-refractivity contribution in [1.82, 2.24) is 4.90 Å². The van der Waals surface area contributed by atoms with Gasteiger partial charge in [-0.15, -0.1) is 0 Å². The van der Waals surface area contributed by atoms with E-state index in [1.165, 1.54) is 44.9 Å². The fourth-order valence-corrected chi connectivity index (χ4v) is 3.02. The molecule has 3 rings (SSSR count). The van der Waals surface area contributed by atoms with Crippen LogP contribution in [-0.2, 0) is 0 Å². The summed E-state index contributed by atoms with van der Waals surface area (Å²) in [7, 11) is 2.08. The van der Waals surface area contributed by atoms with Crippen molar-refractivity contribution in [2.24, 2.45) is 22.1 Å². The first-order valence-corrected chi connectivity index (χ1v) is 6.74. The Hall–Kier alpha value is -0.730. The van der Waals surface area contributed by atoms with Gasteiger partial charge in [-0.1, -0.05) is 6.42 Å². The molecule has 0 heterocycles. The van der Waals surface area contributed by atoms with Gasteiger partial charge in [-0.3, -0.25) is 4.99 Å². The summed E-state index contributed by atoms with van der Waals surface area (Å²) in [5.74, 6) is 1.75. The average molecular weight is 221 g/mol. The van der Waals surface area contributed by atoms with E-state index in [0.717, 1.165) is 18.4 Å². The lowest BCUT2D eigenvalue weighted by Crippen LogP contribution is -2.39. The Morgan fingerprint density at radius 2 is 2.00 bits per heavy atom. The normalized spacial score (nSPS) is 28.7. The molecule has 0 aromatic heterocycles. The Balaban J connectivity index is 1.58. The van der Waals surface area contributed by atoms with Crippen LogP contribution in [0.5, 0.6) is 0 Å². The molecule has 0 amide bonds. The molecule has 3 heteroatoms. The van der Waals surface area contributed by atoms with Gasteiger partial charge in [-0.25, -0.2) is 0 Å². The van der Waals surface area contributed by atoms with Crippen molar-refractivity contribution in [3.05, 3.63) is 0 Å². The predicted octanol–water partition coefficient (Wildman–Crippen LogP) is 1.98. The van der Waals surface area contributed by atoms with Gasteiger partial charge in [0.1, 0.15) is 0 Å². The molecule has 0 atom stereocenters. The highest BCUT2D eigenvalue weighted by Crippen LogP contribution is 2.57. The van der Waals surface area contributed by atoms with Gasteiger partial charge in [-0.2, -0.15) is 0 Å². The average Bonchev–Trinajstić information content (AvgIpc) is 3.04.